The van der Waals surface area contributed by atoms with Gasteiger partial charge in [0.2, 0.25) is 5.91 Å². The minimum absolute atomic E-state index is 0.0503. The molecule has 4 aromatic rings. The number of amides is 2. The Hall–Kier alpha value is -5.41. The topological polar surface area (TPSA) is 112 Å². The molecular formula is C40H44N2O7. The highest BCUT2D eigenvalue weighted by atomic mass is 16.5. The minimum atomic E-state index is -0.864. The van der Waals surface area contributed by atoms with Crippen molar-refractivity contribution in [2.45, 2.75) is 44.8 Å². The van der Waals surface area contributed by atoms with E-state index in [0.29, 0.717) is 30.0 Å². The number of esters is 1. The number of carbonyl (C=O) groups excluding carboxylic acids is 3. The fraction of sp³-hybridized carbons (Fsp3) is 0.275. The molecule has 0 aliphatic heterocycles. The zero-order valence-corrected chi connectivity index (χ0v) is 28.3. The van der Waals surface area contributed by atoms with Crippen LogP contribution in [0, 0.1) is 0 Å². The first-order chi connectivity index (χ1) is 23.8. The van der Waals surface area contributed by atoms with Gasteiger partial charge in [-0.3, -0.25) is 14.4 Å². The van der Waals surface area contributed by atoms with Crippen molar-refractivity contribution in [3.05, 3.63) is 138 Å². The molecule has 0 saturated heterocycles. The molecule has 0 bridgehead atoms. The number of unbranched alkanes of at least 4 members (excludes halogenated alkanes) is 3. The Bertz CT molecular complexity index is 1640. The molecule has 0 aliphatic carbocycles. The largest absolute Gasteiger partial charge is 0.497 e. The molecule has 0 aromatic heterocycles. The van der Waals surface area contributed by atoms with E-state index in [0.717, 1.165) is 59.9 Å². The smallest absolute Gasteiger partial charge is 0.302 e. The lowest BCUT2D eigenvalue weighted by Gasteiger charge is -2.36. The Morgan fingerprint density at radius 1 is 0.755 bits per heavy atom. The molecule has 49 heavy (non-hydrogen) atoms. The summed E-state index contributed by atoms with van der Waals surface area (Å²) in [6.07, 6.45) is 4.50. The zero-order valence-electron chi connectivity index (χ0n) is 28.3. The maximum atomic E-state index is 13.1. The van der Waals surface area contributed by atoms with Gasteiger partial charge >= 0.3 is 5.97 Å². The van der Waals surface area contributed by atoms with Crippen molar-refractivity contribution < 1.29 is 33.3 Å². The highest BCUT2D eigenvalue weighted by Gasteiger charge is 2.37. The summed E-state index contributed by atoms with van der Waals surface area (Å²) >= 11 is 0. The van der Waals surface area contributed by atoms with Gasteiger partial charge in [-0.2, -0.15) is 0 Å². The number of benzene rings is 4. The van der Waals surface area contributed by atoms with Gasteiger partial charge in [-0.15, -0.1) is 0 Å². The molecule has 256 valence electrons. The molecule has 2 N–H and O–H groups in total. The van der Waals surface area contributed by atoms with Crippen LogP contribution in [0.15, 0.2) is 110 Å². The summed E-state index contributed by atoms with van der Waals surface area (Å²) in [7, 11) is 3.30. The van der Waals surface area contributed by atoms with Crippen LogP contribution in [0.4, 0.5) is 5.69 Å². The molecule has 0 unspecified atom stereocenters. The van der Waals surface area contributed by atoms with Gasteiger partial charge in [0.1, 0.15) is 23.7 Å². The minimum Gasteiger partial charge on any atom is -0.497 e. The average Bonchev–Trinajstić information content (AvgIpc) is 3.14. The number of anilines is 1. The van der Waals surface area contributed by atoms with Gasteiger partial charge in [0.15, 0.2) is 0 Å². The number of carbonyl (C=O) groups is 3. The van der Waals surface area contributed by atoms with Crippen molar-refractivity contribution in [1.29, 1.82) is 0 Å². The van der Waals surface area contributed by atoms with Crippen molar-refractivity contribution in [3.63, 3.8) is 0 Å². The Balaban J connectivity index is 1.39. The number of nitrogens with one attached hydrogen (secondary N) is 2. The van der Waals surface area contributed by atoms with Crippen LogP contribution >= 0.6 is 0 Å². The van der Waals surface area contributed by atoms with Crippen LogP contribution in [0.3, 0.4) is 0 Å². The van der Waals surface area contributed by atoms with Crippen molar-refractivity contribution in [3.8, 4) is 11.5 Å². The predicted molar refractivity (Wildman–Crippen MR) is 190 cm³/mol. The van der Waals surface area contributed by atoms with Crippen LogP contribution in [-0.4, -0.2) is 45.2 Å². The van der Waals surface area contributed by atoms with Gasteiger partial charge in [0.05, 0.1) is 14.2 Å². The predicted octanol–water partition coefficient (Wildman–Crippen LogP) is 7.19. The molecule has 9 nitrogen and oxygen atoms in total. The fourth-order valence-electron chi connectivity index (χ4n) is 5.54. The Kier molecular flexibility index (Phi) is 13.5. The van der Waals surface area contributed by atoms with Gasteiger partial charge in [0.25, 0.3) is 5.91 Å². The van der Waals surface area contributed by atoms with Gasteiger partial charge in [-0.1, -0.05) is 80.1 Å². The zero-order chi connectivity index (χ0) is 35.1. The number of ether oxygens (including phenoxy) is 4. The lowest BCUT2D eigenvalue weighted by Crippen LogP contribution is -2.33. The maximum absolute atomic E-state index is 13.1. The summed E-state index contributed by atoms with van der Waals surface area (Å²) in [5.74, 6) is 0.373. The third-order valence-corrected chi connectivity index (χ3v) is 8.09. The van der Waals surface area contributed by atoms with Crippen LogP contribution in [0.25, 0.3) is 0 Å². The molecule has 4 rings (SSSR count). The number of rotatable bonds is 18. The van der Waals surface area contributed by atoms with Crippen molar-refractivity contribution >= 4 is 23.5 Å². The van der Waals surface area contributed by atoms with Gasteiger partial charge in [0, 0.05) is 36.9 Å². The van der Waals surface area contributed by atoms with Gasteiger partial charge in [-0.25, -0.2) is 0 Å². The van der Waals surface area contributed by atoms with Crippen LogP contribution in [0.1, 0.15) is 65.2 Å². The highest BCUT2D eigenvalue weighted by Crippen LogP contribution is 2.41. The summed E-state index contributed by atoms with van der Waals surface area (Å²) in [5.41, 5.74) is 3.41. The molecule has 0 saturated carbocycles. The molecule has 0 atom stereocenters. The van der Waals surface area contributed by atoms with Crippen LogP contribution < -0.4 is 20.1 Å². The second-order valence-corrected chi connectivity index (χ2v) is 11.4. The van der Waals surface area contributed by atoms with E-state index < -0.39 is 17.5 Å². The summed E-state index contributed by atoms with van der Waals surface area (Å²) in [4.78, 5) is 36.3. The Labute approximate surface area is 288 Å². The summed E-state index contributed by atoms with van der Waals surface area (Å²) in [6, 6.07) is 31.0. The third-order valence-electron chi connectivity index (χ3n) is 8.09. The SMILES string of the molecule is C=CC(=O)Nc1ccc(COC(C)=O)c(C(=O)NCCCCCCOC(c2ccccc2)(c2ccc(OC)cc2)c2ccc(OC)cc2)c1. The molecule has 0 spiro atoms. The van der Waals surface area contributed by atoms with Crippen LogP contribution in [0.5, 0.6) is 11.5 Å². The third kappa shape index (κ3) is 9.81. The molecule has 0 heterocycles. The summed E-state index contributed by atoms with van der Waals surface area (Å²) in [5, 5.41) is 5.61. The quantitative estimate of drug-likeness (QED) is 0.0501. The second-order valence-electron chi connectivity index (χ2n) is 11.4. The first-order valence-electron chi connectivity index (χ1n) is 16.3. The molecule has 0 aliphatic rings. The van der Waals surface area contributed by atoms with E-state index in [4.69, 9.17) is 18.9 Å². The first kappa shape index (κ1) is 36.4. The maximum Gasteiger partial charge on any atom is 0.302 e. The molecule has 9 heteroatoms. The molecular weight excluding hydrogens is 620 g/mol. The summed E-state index contributed by atoms with van der Waals surface area (Å²) < 4.78 is 22.9. The second kappa shape index (κ2) is 18.2. The van der Waals surface area contributed by atoms with E-state index >= 15 is 0 Å². The normalized spacial score (nSPS) is 10.9. The Morgan fingerprint density at radius 3 is 1.92 bits per heavy atom. The van der Waals surface area contributed by atoms with E-state index in [1.165, 1.54) is 6.92 Å². The lowest BCUT2D eigenvalue weighted by atomic mass is 9.80. The molecule has 2 amide bonds. The monoisotopic (exact) mass is 664 g/mol. The first-order valence-corrected chi connectivity index (χ1v) is 16.3. The van der Waals surface area contributed by atoms with Crippen LogP contribution in [-0.2, 0) is 31.3 Å². The van der Waals surface area contributed by atoms with E-state index in [1.807, 2.05) is 66.7 Å². The van der Waals surface area contributed by atoms with Crippen molar-refractivity contribution in [2.75, 3.05) is 32.7 Å². The molecule has 4 aromatic carbocycles. The van der Waals surface area contributed by atoms with Gasteiger partial charge in [-0.05, 0) is 72.0 Å². The number of methoxy groups -OCH3 is 2. The highest BCUT2D eigenvalue weighted by molar-refractivity contribution is 6.01. The van der Waals surface area contributed by atoms with E-state index in [2.05, 4.69) is 29.3 Å². The van der Waals surface area contributed by atoms with Crippen LogP contribution in [0.2, 0.25) is 0 Å². The van der Waals surface area contributed by atoms with E-state index in [9.17, 15) is 14.4 Å². The van der Waals surface area contributed by atoms with Crippen molar-refractivity contribution in [2.24, 2.45) is 0 Å². The summed E-state index contributed by atoms with van der Waals surface area (Å²) in [6.45, 7) is 5.68. The number of hydrogen-bond acceptors (Lipinski definition) is 7. The Morgan fingerprint density at radius 2 is 1.35 bits per heavy atom. The number of hydrogen-bond donors (Lipinski definition) is 2. The standard InChI is InChI=1S/C40H44N2O7/c1-5-38(44)42-34-20-15-30(28-48-29(2)43)37(27-34)39(45)41-25-11-6-7-12-26-49-40(31-13-9-8-10-14-31,32-16-21-35(46-3)22-17-32)33-18-23-36(47-4)24-19-33/h5,8-10,13-24,27H,1,6-7,11-12,25-26,28H2,2-4H3,(H,41,45)(H,42,44). The molecule has 0 fully saturated rings. The molecule has 0 radical (unpaired) electrons. The average molecular weight is 665 g/mol. The lowest BCUT2D eigenvalue weighted by molar-refractivity contribution is -0.142. The van der Waals surface area contributed by atoms with Crippen molar-refractivity contribution in [1.82, 2.24) is 5.32 Å². The fourth-order valence-corrected chi connectivity index (χ4v) is 5.54. The van der Waals surface area contributed by atoms with E-state index in [1.54, 1.807) is 32.4 Å². The van der Waals surface area contributed by atoms with Gasteiger partial charge < -0.3 is 29.6 Å². The van der Waals surface area contributed by atoms with E-state index in [-0.39, 0.29) is 12.5 Å².